The van der Waals surface area contributed by atoms with Crippen LogP contribution in [0.2, 0.25) is 0 Å². The third-order valence-electron chi connectivity index (χ3n) is 3.72. The molecule has 0 bridgehead atoms. The van der Waals surface area contributed by atoms with Crippen LogP contribution in [0.5, 0.6) is 5.75 Å². The zero-order valence-corrected chi connectivity index (χ0v) is 11.9. The third kappa shape index (κ3) is 1.90. The number of carbonyl (C=O) groups excluding carboxylic acids is 1. The average molecular weight is 267 g/mol. The fraction of sp³-hybridized carbons (Fsp3) is 0.294. The molecule has 20 heavy (non-hydrogen) atoms. The maximum atomic E-state index is 12.0. The standard InChI is InChI=1S/C17H17NO2/c1-17(2,3)11-5-7-12-10(8-11)4-6-13-15(19)14(18)9-20-16(12)13/h4-8,18H,9H2,1-3H3. The maximum Gasteiger partial charge on any atom is 0.213 e. The predicted molar refractivity (Wildman–Crippen MR) is 80.2 cm³/mol. The SMILES string of the molecule is CC(C)(C)c1ccc2c3c(ccc2c1)C(=O)C(=N)CO3. The van der Waals surface area contributed by atoms with Crippen LogP contribution < -0.4 is 4.74 Å². The Hall–Kier alpha value is -2.16. The molecule has 0 unspecified atom stereocenters. The van der Waals surface area contributed by atoms with Crippen molar-refractivity contribution < 1.29 is 9.53 Å². The zero-order valence-electron chi connectivity index (χ0n) is 11.9. The van der Waals surface area contributed by atoms with Crippen LogP contribution in [-0.2, 0) is 5.41 Å². The highest BCUT2D eigenvalue weighted by molar-refractivity contribution is 6.47. The van der Waals surface area contributed by atoms with Gasteiger partial charge < -0.3 is 4.74 Å². The summed E-state index contributed by atoms with van der Waals surface area (Å²) >= 11 is 0. The molecule has 0 atom stereocenters. The van der Waals surface area contributed by atoms with Crippen molar-refractivity contribution in [2.24, 2.45) is 0 Å². The number of hydrogen-bond donors (Lipinski definition) is 1. The van der Waals surface area contributed by atoms with E-state index in [1.54, 1.807) is 6.07 Å². The molecular formula is C17H17NO2. The van der Waals surface area contributed by atoms with Crippen molar-refractivity contribution >= 4 is 22.3 Å². The normalized spacial score (nSPS) is 15.2. The van der Waals surface area contributed by atoms with Crippen LogP contribution in [0.1, 0.15) is 36.7 Å². The summed E-state index contributed by atoms with van der Waals surface area (Å²) < 4.78 is 5.60. The van der Waals surface area contributed by atoms with E-state index < -0.39 is 0 Å². The molecule has 2 aromatic rings. The molecule has 1 aliphatic rings. The van der Waals surface area contributed by atoms with E-state index in [0.29, 0.717) is 11.3 Å². The first-order chi connectivity index (χ1) is 9.38. The Morgan fingerprint density at radius 1 is 1.15 bits per heavy atom. The lowest BCUT2D eigenvalue weighted by atomic mass is 9.85. The Morgan fingerprint density at radius 3 is 2.60 bits per heavy atom. The highest BCUT2D eigenvalue weighted by Crippen LogP contribution is 2.35. The van der Waals surface area contributed by atoms with Gasteiger partial charge in [-0.1, -0.05) is 45.0 Å². The molecule has 0 saturated carbocycles. The lowest BCUT2D eigenvalue weighted by Gasteiger charge is -2.22. The number of ketones is 1. The molecule has 0 fully saturated rings. The van der Waals surface area contributed by atoms with E-state index in [1.807, 2.05) is 12.1 Å². The van der Waals surface area contributed by atoms with Gasteiger partial charge in [0.1, 0.15) is 18.1 Å². The van der Waals surface area contributed by atoms with E-state index in [2.05, 4.69) is 32.9 Å². The Labute approximate surface area is 118 Å². The first-order valence-electron chi connectivity index (χ1n) is 6.70. The predicted octanol–water partition coefficient (Wildman–Crippen LogP) is 3.73. The number of benzene rings is 2. The van der Waals surface area contributed by atoms with Crippen molar-refractivity contribution in [3.05, 3.63) is 41.5 Å². The van der Waals surface area contributed by atoms with Crippen LogP contribution in [0.4, 0.5) is 0 Å². The number of nitrogens with one attached hydrogen (secondary N) is 1. The van der Waals surface area contributed by atoms with E-state index in [9.17, 15) is 4.79 Å². The van der Waals surface area contributed by atoms with Crippen molar-refractivity contribution in [2.75, 3.05) is 6.61 Å². The Morgan fingerprint density at radius 2 is 1.90 bits per heavy atom. The van der Waals surface area contributed by atoms with Crippen molar-refractivity contribution in [1.82, 2.24) is 0 Å². The van der Waals surface area contributed by atoms with E-state index in [-0.39, 0.29) is 23.5 Å². The highest BCUT2D eigenvalue weighted by atomic mass is 16.5. The quantitative estimate of drug-likeness (QED) is 0.790. The van der Waals surface area contributed by atoms with Crippen molar-refractivity contribution in [1.29, 1.82) is 5.41 Å². The number of Topliss-reactive ketones (excluding diaryl/α,β-unsaturated/α-hetero) is 1. The number of fused-ring (bicyclic) bond motifs is 3. The summed E-state index contributed by atoms with van der Waals surface area (Å²) in [5.74, 6) is 0.386. The van der Waals surface area contributed by atoms with Gasteiger partial charge in [0.2, 0.25) is 5.78 Å². The molecule has 0 saturated heterocycles. The molecule has 3 nitrogen and oxygen atoms in total. The minimum absolute atomic E-state index is 0.0168. The fourth-order valence-corrected chi connectivity index (χ4v) is 2.47. The van der Waals surface area contributed by atoms with Crippen LogP contribution >= 0.6 is 0 Å². The van der Waals surface area contributed by atoms with Gasteiger partial charge in [-0.05, 0) is 22.4 Å². The first-order valence-corrected chi connectivity index (χ1v) is 6.70. The van der Waals surface area contributed by atoms with Crippen LogP contribution in [-0.4, -0.2) is 18.1 Å². The Balaban J connectivity index is 2.23. The van der Waals surface area contributed by atoms with Gasteiger partial charge in [-0.25, -0.2) is 0 Å². The van der Waals surface area contributed by atoms with Crippen LogP contribution in [0.15, 0.2) is 30.3 Å². The summed E-state index contributed by atoms with van der Waals surface area (Å²) in [4.78, 5) is 12.0. The molecular weight excluding hydrogens is 250 g/mol. The summed E-state index contributed by atoms with van der Waals surface area (Å²) in [6, 6.07) is 9.93. The van der Waals surface area contributed by atoms with Gasteiger partial charge in [-0.2, -0.15) is 0 Å². The molecule has 0 spiro atoms. The molecule has 1 N–H and O–H groups in total. The summed E-state index contributed by atoms with van der Waals surface area (Å²) in [7, 11) is 0. The molecule has 1 aliphatic heterocycles. The summed E-state index contributed by atoms with van der Waals surface area (Å²) in [6.45, 7) is 6.59. The van der Waals surface area contributed by atoms with Crippen molar-refractivity contribution in [3.8, 4) is 5.75 Å². The van der Waals surface area contributed by atoms with Gasteiger partial charge in [0.15, 0.2) is 0 Å². The molecule has 0 aliphatic carbocycles. The molecule has 0 aromatic heterocycles. The van der Waals surface area contributed by atoms with E-state index >= 15 is 0 Å². The van der Waals surface area contributed by atoms with Crippen molar-refractivity contribution in [3.63, 3.8) is 0 Å². The van der Waals surface area contributed by atoms with Gasteiger partial charge in [0, 0.05) is 5.39 Å². The summed E-state index contributed by atoms with van der Waals surface area (Å²) in [5, 5.41) is 9.58. The highest BCUT2D eigenvalue weighted by Gasteiger charge is 2.25. The Bertz CT molecular complexity index is 738. The van der Waals surface area contributed by atoms with Gasteiger partial charge in [-0.15, -0.1) is 0 Å². The van der Waals surface area contributed by atoms with Crippen molar-refractivity contribution in [2.45, 2.75) is 26.2 Å². The number of carbonyl (C=O) groups is 1. The van der Waals surface area contributed by atoms with E-state index in [1.165, 1.54) is 5.56 Å². The summed E-state index contributed by atoms with van der Waals surface area (Å²) in [5.41, 5.74) is 1.85. The van der Waals surface area contributed by atoms with Gasteiger partial charge in [-0.3, -0.25) is 10.2 Å². The monoisotopic (exact) mass is 267 g/mol. The number of ether oxygens (including phenoxy) is 1. The molecule has 0 amide bonds. The lowest BCUT2D eigenvalue weighted by Crippen LogP contribution is -2.27. The molecule has 2 aromatic carbocycles. The van der Waals surface area contributed by atoms with Crippen LogP contribution in [0.25, 0.3) is 10.8 Å². The zero-order chi connectivity index (χ0) is 14.5. The smallest absolute Gasteiger partial charge is 0.213 e. The minimum atomic E-state index is -0.229. The molecule has 1 heterocycles. The van der Waals surface area contributed by atoms with E-state index in [0.717, 1.165) is 10.8 Å². The van der Waals surface area contributed by atoms with Crippen LogP contribution in [0.3, 0.4) is 0 Å². The van der Waals surface area contributed by atoms with Crippen LogP contribution in [0, 0.1) is 5.41 Å². The second-order valence-corrected chi connectivity index (χ2v) is 6.22. The van der Waals surface area contributed by atoms with Gasteiger partial charge >= 0.3 is 0 Å². The number of rotatable bonds is 0. The summed E-state index contributed by atoms with van der Waals surface area (Å²) in [6.07, 6.45) is 0. The minimum Gasteiger partial charge on any atom is -0.486 e. The molecule has 102 valence electrons. The van der Waals surface area contributed by atoms with E-state index in [4.69, 9.17) is 10.1 Å². The maximum absolute atomic E-state index is 12.0. The lowest BCUT2D eigenvalue weighted by molar-refractivity contribution is 0.104. The molecule has 3 rings (SSSR count). The first kappa shape index (κ1) is 12.9. The van der Waals surface area contributed by atoms with Gasteiger partial charge in [0.25, 0.3) is 0 Å². The average Bonchev–Trinajstić information content (AvgIpc) is 2.41. The second kappa shape index (κ2) is 4.17. The number of hydrogen-bond acceptors (Lipinski definition) is 3. The molecule has 0 radical (unpaired) electrons. The third-order valence-corrected chi connectivity index (χ3v) is 3.72. The topological polar surface area (TPSA) is 50.2 Å². The van der Waals surface area contributed by atoms with Gasteiger partial charge in [0.05, 0.1) is 5.56 Å². The second-order valence-electron chi connectivity index (χ2n) is 6.22. The molecule has 3 heteroatoms. The Kier molecular flexibility index (Phi) is 2.68. The largest absolute Gasteiger partial charge is 0.486 e. The fourth-order valence-electron chi connectivity index (χ4n) is 2.47.